The zero-order valence-corrected chi connectivity index (χ0v) is 11.0. The molecule has 98 valence electrons. The van der Waals surface area contributed by atoms with Crippen molar-refractivity contribution in [1.29, 1.82) is 0 Å². The summed E-state index contributed by atoms with van der Waals surface area (Å²) < 4.78 is 0. The molecule has 1 aromatic heterocycles. The van der Waals surface area contributed by atoms with Crippen LogP contribution in [-0.2, 0) is 0 Å². The van der Waals surface area contributed by atoms with Gasteiger partial charge in [0.2, 0.25) is 0 Å². The number of aryl methyl sites for hydroxylation is 1. The molecule has 1 heterocycles. The largest absolute Gasteiger partial charge is 0.478 e. The Labute approximate surface area is 113 Å². The highest BCUT2D eigenvalue weighted by molar-refractivity contribution is 7.16. The van der Waals surface area contributed by atoms with Gasteiger partial charge in [-0.15, -0.1) is 11.3 Å². The zero-order valence-electron chi connectivity index (χ0n) is 10.1. The quantitative estimate of drug-likeness (QED) is 0.804. The maximum Gasteiger partial charge on any atom is 0.338 e. The van der Waals surface area contributed by atoms with Crippen molar-refractivity contribution in [2.45, 2.75) is 6.92 Å². The molecule has 0 radical (unpaired) electrons. The van der Waals surface area contributed by atoms with Crippen LogP contribution in [0.2, 0.25) is 0 Å². The third-order valence-corrected chi connectivity index (χ3v) is 3.31. The van der Waals surface area contributed by atoms with E-state index in [-0.39, 0.29) is 5.56 Å². The number of carboxylic acids is 1. The number of amides is 2. The number of anilines is 2. The number of thiophene rings is 1. The fourth-order valence-corrected chi connectivity index (χ4v) is 2.45. The highest BCUT2D eigenvalue weighted by atomic mass is 32.1. The van der Waals surface area contributed by atoms with Crippen LogP contribution in [0.15, 0.2) is 36.4 Å². The molecule has 2 aromatic rings. The van der Waals surface area contributed by atoms with Gasteiger partial charge in [-0.25, -0.2) is 9.59 Å². The van der Waals surface area contributed by atoms with Gasteiger partial charge in [-0.05, 0) is 25.1 Å². The van der Waals surface area contributed by atoms with E-state index in [1.807, 2.05) is 6.07 Å². The lowest BCUT2D eigenvalue weighted by molar-refractivity contribution is 0.0698. The predicted octanol–water partition coefficient (Wildman–Crippen LogP) is 3.40. The number of urea groups is 1. The number of hydrogen-bond donors (Lipinski definition) is 3. The molecule has 6 heteroatoms. The summed E-state index contributed by atoms with van der Waals surface area (Å²) in [6.45, 7) is 1.79. The normalized spacial score (nSPS) is 9.95. The molecule has 0 fully saturated rings. The fourth-order valence-electron chi connectivity index (χ4n) is 1.55. The molecule has 0 bridgehead atoms. The first kappa shape index (κ1) is 13.1. The maximum atomic E-state index is 11.8. The molecule has 1 aromatic carbocycles. The Morgan fingerprint density at radius 2 is 1.84 bits per heavy atom. The number of carbonyl (C=O) groups is 2. The van der Waals surface area contributed by atoms with E-state index in [1.54, 1.807) is 31.2 Å². The lowest BCUT2D eigenvalue weighted by atomic mass is 10.3. The van der Waals surface area contributed by atoms with Crippen LogP contribution in [0.3, 0.4) is 0 Å². The first-order chi connectivity index (χ1) is 9.06. The van der Waals surface area contributed by atoms with Crippen molar-refractivity contribution in [2.75, 3.05) is 10.6 Å². The molecular weight excluding hydrogens is 264 g/mol. The Morgan fingerprint density at radius 3 is 2.47 bits per heavy atom. The molecule has 2 rings (SSSR count). The van der Waals surface area contributed by atoms with E-state index in [0.29, 0.717) is 10.7 Å². The molecule has 0 saturated carbocycles. The van der Waals surface area contributed by atoms with Crippen LogP contribution in [0.5, 0.6) is 0 Å². The molecule has 3 N–H and O–H groups in total. The van der Waals surface area contributed by atoms with Crippen LogP contribution in [0, 0.1) is 6.92 Å². The molecule has 2 amide bonds. The zero-order chi connectivity index (χ0) is 13.8. The Bertz CT molecular complexity index is 608. The van der Waals surface area contributed by atoms with E-state index in [9.17, 15) is 9.59 Å². The molecule has 0 aliphatic heterocycles. The van der Waals surface area contributed by atoms with Crippen molar-refractivity contribution in [3.8, 4) is 0 Å². The van der Waals surface area contributed by atoms with Gasteiger partial charge in [-0.1, -0.05) is 18.2 Å². The van der Waals surface area contributed by atoms with Crippen molar-refractivity contribution < 1.29 is 14.7 Å². The van der Waals surface area contributed by atoms with E-state index in [0.717, 1.165) is 4.88 Å². The standard InChI is InChI=1S/C13H12N2O3S/c1-8-7-10(12(16)17)11(19-8)15-13(18)14-9-5-3-2-4-6-9/h2-7H,1H3,(H,16,17)(H2,14,15,18). The van der Waals surface area contributed by atoms with E-state index in [4.69, 9.17) is 5.11 Å². The number of carbonyl (C=O) groups excluding carboxylic acids is 1. The van der Waals surface area contributed by atoms with Gasteiger partial charge in [0.25, 0.3) is 0 Å². The van der Waals surface area contributed by atoms with Crippen molar-refractivity contribution in [3.05, 3.63) is 46.8 Å². The van der Waals surface area contributed by atoms with Gasteiger partial charge in [-0.3, -0.25) is 5.32 Å². The smallest absolute Gasteiger partial charge is 0.338 e. The van der Waals surface area contributed by atoms with Crippen molar-refractivity contribution >= 4 is 34.0 Å². The number of benzene rings is 1. The van der Waals surface area contributed by atoms with Crippen LogP contribution < -0.4 is 10.6 Å². The monoisotopic (exact) mass is 276 g/mol. The van der Waals surface area contributed by atoms with Gasteiger partial charge in [0.05, 0.1) is 5.56 Å². The van der Waals surface area contributed by atoms with Crippen molar-refractivity contribution in [2.24, 2.45) is 0 Å². The molecule has 5 nitrogen and oxygen atoms in total. The maximum absolute atomic E-state index is 11.8. The lowest BCUT2D eigenvalue weighted by Crippen LogP contribution is -2.19. The summed E-state index contributed by atoms with van der Waals surface area (Å²) in [5, 5.41) is 14.5. The molecule has 0 spiro atoms. The molecule has 0 unspecified atom stereocenters. The average Bonchev–Trinajstić information content (AvgIpc) is 2.71. The van der Waals surface area contributed by atoms with E-state index >= 15 is 0 Å². The Morgan fingerprint density at radius 1 is 1.16 bits per heavy atom. The molecule has 19 heavy (non-hydrogen) atoms. The molecule has 0 atom stereocenters. The topological polar surface area (TPSA) is 78.4 Å². The van der Waals surface area contributed by atoms with Gasteiger partial charge in [0, 0.05) is 10.6 Å². The molecule has 0 saturated heterocycles. The van der Waals surface area contributed by atoms with Gasteiger partial charge in [0.1, 0.15) is 5.00 Å². The second kappa shape index (κ2) is 5.53. The lowest BCUT2D eigenvalue weighted by Gasteiger charge is -2.06. The minimum atomic E-state index is -1.06. The van der Waals surface area contributed by atoms with Crippen LogP contribution in [0.1, 0.15) is 15.2 Å². The van der Waals surface area contributed by atoms with Gasteiger partial charge in [0.15, 0.2) is 0 Å². The van der Waals surface area contributed by atoms with Gasteiger partial charge >= 0.3 is 12.0 Å². The Kier molecular flexibility index (Phi) is 3.82. The summed E-state index contributed by atoms with van der Waals surface area (Å²) in [4.78, 5) is 23.6. The summed E-state index contributed by atoms with van der Waals surface area (Å²) in [7, 11) is 0. The van der Waals surface area contributed by atoms with Crippen molar-refractivity contribution in [1.82, 2.24) is 0 Å². The predicted molar refractivity (Wildman–Crippen MR) is 75.1 cm³/mol. The van der Waals surface area contributed by atoms with Crippen LogP contribution in [0.4, 0.5) is 15.5 Å². The van der Waals surface area contributed by atoms with Crippen LogP contribution in [0.25, 0.3) is 0 Å². The van der Waals surface area contributed by atoms with Crippen molar-refractivity contribution in [3.63, 3.8) is 0 Å². The summed E-state index contributed by atoms with van der Waals surface area (Å²) >= 11 is 1.23. The van der Waals surface area contributed by atoms with Gasteiger partial charge in [-0.2, -0.15) is 0 Å². The second-order valence-electron chi connectivity index (χ2n) is 3.85. The summed E-state index contributed by atoms with van der Waals surface area (Å²) in [6, 6.07) is 10.0. The third-order valence-electron chi connectivity index (χ3n) is 2.34. The van der Waals surface area contributed by atoms with Crippen LogP contribution >= 0.6 is 11.3 Å². The summed E-state index contributed by atoms with van der Waals surface area (Å²) in [5.74, 6) is -1.06. The number of carboxylic acid groups (broad SMARTS) is 1. The van der Waals surface area contributed by atoms with Crippen LogP contribution in [-0.4, -0.2) is 17.1 Å². The van der Waals surface area contributed by atoms with E-state index < -0.39 is 12.0 Å². The molecule has 0 aliphatic carbocycles. The number of aromatic carboxylic acids is 1. The molecular formula is C13H12N2O3S. The summed E-state index contributed by atoms with van der Waals surface area (Å²) in [5.41, 5.74) is 0.746. The number of hydrogen-bond acceptors (Lipinski definition) is 3. The first-order valence-corrected chi connectivity index (χ1v) is 6.34. The van der Waals surface area contributed by atoms with E-state index in [1.165, 1.54) is 17.4 Å². The Balaban J connectivity index is 2.09. The van der Waals surface area contributed by atoms with E-state index in [2.05, 4.69) is 10.6 Å². The summed E-state index contributed by atoms with van der Waals surface area (Å²) in [6.07, 6.45) is 0. The first-order valence-electron chi connectivity index (χ1n) is 5.53. The third kappa shape index (κ3) is 3.32. The average molecular weight is 276 g/mol. The number of nitrogens with one attached hydrogen (secondary N) is 2. The highest BCUT2D eigenvalue weighted by Gasteiger charge is 2.15. The minimum Gasteiger partial charge on any atom is -0.478 e. The second-order valence-corrected chi connectivity index (χ2v) is 5.11. The Hall–Kier alpha value is -2.34. The number of rotatable bonds is 3. The van der Waals surface area contributed by atoms with Gasteiger partial charge < -0.3 is 10.4 Å². The number of para-hydroxylation sites is 1. The highest BCUT2D eigenvalue weighted by Crippen LogP contribution is 2.27. The molecule has 0 aliphatic rings. The SMILES string of the molecule is Cc1cc(C(=O)O)c(NC(=O)Nc2ccccc2)s1. The minimum absolute atomic E-state index is 0.103. The fraction of sp³-hybridized carbons (Fsp3) is 0.0769.